The van der Waals surface area contributed by atoms with E-state index in [2.05, 4.69) is 4.74 Å². The first-order valence-electron chi connectivity index (χ1n) is 3.46. The molecule has 0 fully saturated rings. The number of methoxy groups -OCH3 is 1. The summed E-state index contributed by atoms with van der Waals surface area (Å²) in [4.78, 5) is 10.8. The fraction of sp³-hybridized carbons (Fsp3) is 0.625. The van der Waals surface area contributed by atoms with Crippen LogP contribution in [0.15, 0.2) is 11.6 Å². The molecule has 0 aromatic carbocycles. The van der Waals surface area contributed by atoms with Crippen LogP contribution in [0.5, 0.6) is 0 Å². The molecule has 64 valence electrons. The Morgan fingerprint density at radius 3 is 2.73 bits per heavy atom. The molecule has 0 bridgehead atoms. The third-order valence-electron chi connectivity index (χ3n) is 1.28. The Kier molecular flexibility index (Phi) is 6.03. The van der Waals surface area contributed by atoms with Crippen molar-refractivity contribution in [2.45, 2.75) is 13.3 Å². The highest BCUT2D eigenvalue weighted by Crippen LogP contribution is 2.01. The summed E-state index contributed by atoms with van der Waals surface area (Å²) in [6, 6.07) is 0. The highest BCUT2D eigenvalue weighted by atomic mass is 32.2. The van der Waals surface area contributed by atoms with Gasteiger partial charge in [0, 0.05) is 5.57 Å². The topological polar surface area (TPSA) is 26.3 Å². The maximum Gasteiger partial charge on any atom is 0.333 e. The van der Waals surface area contributed by atoms with Crippen molar-refractivity contribution >= 4 is 17.7 Å². The molecule has 0 aromatic rings. The first-order valence-corrected chi connectivity index (χ1v) is 4.85. The van der Waals surface area contributed by atoms with E-state index in [1.807, 2.05) is 12.3 Å². The van der Waals surface area contributed by atoms with E-state index in [0.29, 0.717) is 5.57 Å². The largest absolute Gasteiger partial charge is 0.466 e. The van der Waals surface area contributed by atoms with E-state index in [0.717, 1.165) is 12.2 Å². The summed E-state index contributed by atoms with van der Waals surface area (Å²) >= 11 is 1.77. The summed E-state index contributed by atoms with van der Waals surface area (Å²) in [5.74, 6) is 0.819. The normalized spacial score (nSPS) is 11.4. The van der Waals surface area contributed by atoms with E-state index in [9.17, 15) is 4.79 Å². The molecular weight excluding hydrogens is 160 g/mol. The zero-order valence-electron chi connectivity index (χ0n) is 7.22. The van der Waals surface area contributed by atoms with E-state index < -0.39 is 0 Å². The minimum absolute atomic E-state index is 0.230. The Balaban J connectivity index is 3.71. The molecule has 0 saturated heterocycles. The molecule has 0 saturated carbocycles. The van der Waals surface area contributed by atoms with Crippen molar-refractivity contribution in [2.24, 2.45) is 0 Å². The Labute approximate surface area is 72.0 Å². The highest BCUT2D eigenvalue weighted by molar-refractivity contribution is 7.98. The van der Waals surface area contributed by atoms with Crippen LogP contribution in [0, 0.1) is 0 Å². The quantitative estimate of drug-likeness (QED) is 0.369. The van der Waals surface area contributed by atoms with E-state index in [1.165, 1.54) is 7.11 Å². The Morgan fingerprint density at radius 1 is 1.64 bits per heavy atom. The van der Waals surface area contributed by atoms with Crippen LogP contribution in [0.1, 0.15) is 13.3 Å². The van der Waals surface area contributed by atoms with Crippen molar-refractivity contribution in [1.82, 2.24) is 0 Å². The molecule has 0 radical (unpaired) electrons. The van der Waals surface area contributed by atoms with Crippen LogP contribution in [0.25, 0.3) is 0 Å². The number of thioether (sulfide) groups is 1. The second-order valence-electron chi connectivity index (χ2n) is 2.16. The molecule has 0 amide bonds. The fourth-order valence-electron chi connectivity index (χ4n) is 0.638. The first-order chi connectivity index (χ1) is 5.22. The summed E-state index contributed by atoms with van der Waals surface area (Å²) in [5, 5.41) is 0. The number of allylic oxidation sites excluding steroid dienone is 1. The Hall–Kier alpha value is -0.440. The van der Waals surface area contributed by atoms with Crippen LogP contribution >= 0.6 is 11.8 Å². The number of hydrogen-bond donors (Lipinski definition) is 0. The van der Waals surface area contributed by atoms with Crippen LogP contribution in [0.4, 0.5) is 0 Å². The van der Waals surface area contributed by atoms with Gasteiger partial charge in [-0.2, -0.15) is 11.8 Å². The Morgan fingerprint density at radius 2 is 2.27 bits per heavy atom. The van der Waals surface area contributed by atoms with Crippen molar-refractivity contribution < 1.29 is 9.53 Å². The first kappa shape index (κ1) is 10.6. The molecule has 0 atom stereocenters. The maximum atomic E-state index is 10.8. The average Bonchev–Trinajstić information content (AvgIpc) is 2.03. The smallest absolute Gasteiger partial charge is 0.333 e. The predicted molar refractivity (Wildman–Crippen MR) is 48.8 cm³/mol. The summed E-state index contributed by atoms with van der Waals surface area (Å²) in [6.45, 7) is 1.77. The van der Waals surface area contributed by atoms with Crippen LogP contribution in [-0.4, -0.2) is 25.1 Å². The van der Waals surface area contributed by atoms with Gasteiger partial charge in [0.2, 0.25) is 0 Å². The monoisotopic (exact) mass is 174 g/mol. The molecule has 0 aliphatic carbocycles. The third kappa shape index (κ3) is 4.90. The van der Waals surface area contributed by atoms with Gasteiger partial charge in [0.25, 0.3) is 0 Å². The van der Waals surface area contributed by atoms with Gasteiger partial charge in [-0.15, -0.1) is 0 Å². The summed E-state index contributed by atoms with van der Waals surface area (Å²) < 4.78 is 4.53. The molecule has 0 aromatic heterocycles. The molecule has 0 heterocycles. The molecule has 0 N–H and O–H groups in total. The van der Waals surface area contributed by atoms with Crippen LogP contribution in [0.3, 0.4) is 0 Å². The fourth-order valence-corrected chi connectivity index (χ4v) is 0.991. The number of ether oxygens (including phenoxy) is 1. The van der Waals surface area contributed by atoms with Crippen molar-refractivity contribution in [2.75, 3.05) is 19.1 Å². The zero-order valence-corrected chi connectivity index (χ0v) is 8.03. The van der Waals surface area contributed by atoms with Gasteiger partial charge in [-0.1, -0.05) is 6.08 Å². The summed E-state index contributed by atoms with van der Waals surface area (Å²) in [6.07, 6.45) is 4.88. The van der Waals surface area contributed by atoms with Crippen molar-refractivity contribution in [1.29, 1.82) is 0 Å². The van der Waals surface area contributed by atoms with E-state index in [1.54, 1.807) is 18.7 Å². The van der Waals surface area contributed by atoms with Crippen LogP contribution in [0.2, 0.25) is 0 Å². The van der Waals surface area contributed by atoms with E-state index >= 15 is 0 Å². The predicted octanol–water partition coefficient (Wildman–Crippen LogP) is 1.86. The lowest BCUT2D eigenvalue weighted by atomic mass is 10.2. The lowest BCUT2D eigenvalue weighted by Crippen LogP contribution is -2.01. The van der Waals surface area contributed by atoms with Crippen molar-refractivity contribution in [3.63, 3.8) is 0 Å². The van der Waals surface area contributed by atoms with Crippen LogP contribution in [-0.2, 0) is 9.53 Å². The second-order valence-corrected chi connectivity index (χ2v) is 3.15. The lowest BCUT2D eigenvalue weighted by Gasteiger charge is -1.97. The molecule has 3 heteroatoms. The lowest BCUT2D eigenvalue weighted by molar-refractivity contribution is -0.136. The Bertz CT molecular complexity index is 152. The SMILES string of the molecule is COC(=O)/C(C)=C/CCSC. The minimum atomic E-state index is -0.230. The molecular formula is C8H14O2S. The number of hydrogen-bond acceptors (Lipinski definition) is 3. The average molecular weight is 174 g/mol. The van der Waals surface area contributed by atoms with E-state index in [4.69, 9.17) is 0 Å². The molecule has 0 aliphatic heterocycles. The van der Waals surface area contributed by atoms with Gasteiger partial charge in [-0.25, -0.2) is 4.79 Å². The molecule has 0 unspecified atom stereocenters. The number of rotatable bonds is 4. The molecule has 0 aliphatic rings. The van der Waals surface area contributed by atoms with Gasteiger partial charge in [-0.3, -0.25) is 0 Å². The molecule has 11 heavy (non-hydrogen) atoms. The summed E-state index contributed by atoms with van der Waals surface area (Å²) in [7, 11) is 1.40. The van der Waals surface area contributed by atoms with E-state index in [-0.39, 0.29) is 5.97 Å². The van der Waals surface area contributed by atoms with Gasteiger partial charge < -0.3 is 4.74 Å². The molecule has 0 spiro atoms. The van der Waals surface area contributed by atoms with Crippen LogP contribution < -0.4 is 0 Å². The summed E-state index contributed by atoms with van der Waals surface area (Å²) in [5.41, 5.74) is 0.696. The number of carbonyl (C=O) groups is 1. The van der Waals surface area contributed by atoms with Gasteiger partial charge in [0.1, 0.15) is 0 Å². The maximum absolute atomic E-state index is 10.8. The molecule has 0 rings (SSSR count). The molecule has 2 nitrogen and oxygen atoms in total. The second kappa shape index (κ2) is 6.28. The van der Waals surface area contributed by atoms with Gasteiger partial charge in [-0.05, 0) is 25.4 Å². The van der Waals surface area contributed by atoms with Gasteiger partial charge >= 0.3 is 5.97 Å². The number of esters is 1. The third-order valence-corrected chi connectivity index (χ3v) is 1.92. The zero-order chi connectivity index (χ0) is 8.69. The number of carbonyl (C=O) groups excluding carboxylic acids is 1. The minimum Gasteiger partial charge on any atom is -0.466 e. The highest BCUT2D eigenvalue weighted by Gasteiger charge is 2.00. The van der Waals surface area contributed by atoms with Gasteiger partial charge in [0.05, 0.1) is 7.11 Å². The van der Waals surface area contributed by atoms with Gasteiger partial charge in [0.15, 0.2) is 0 Å². The standard InChI is InChI=1S/C8H14O2S/c1-7(8(9)10-2)5-4-6-11-3/h5H,4,6H2,1-3H3/b7-5+. The van der Waals surface area contributed by atoms with Crippen molar-refractivity contribution in [3.8, 4) is 0 Å². The van der Waals surface area contributed by atoms with Crippen molar-refractivity contribution in [3.05, 3.63) is 11.6 Å².